The summed E-state index contributed by atoms with van der Waals surface area (Å²) in [7, 11) is 0. The summed E-state index contributed by atoms with van der Waals surface area (Å²) in [5.74, 6) is 2.65. The Bertz CT molecular complexity index is 551. The van der Waals surface area contributed by atoms with Crippen molar-refractivity contribution in [3.63, 3.8) is 0 Å². The molecule has 2 aromatic heterocycles. The van der Waals surface area contributed by atoms with Gasteiger partial charge >= 0.3 is 0 Å². The summed E-state index contributed by atoms with van der Waals surface area (Å²) in [6, 6.07) is 4.17. The topological polar surface area (TPSA) is 49.8 Å². The zero-order valence-corrected chi connectivity index (χ0v) is 13.2. The van der Waals surface area contributed by atoms with Gasteiger partial charge in [0.25, 0.3) is 0 Å². The molecule has 0 aliphatic rings. The SMILES string of the molecule is CCNc1cc(NCc2sccc2CC)nc(CC)n1. The van der Waals surface area contributed by atoms with Crippen LogP contribution in [0.5, 0.6) is 0 Å². The summed E-state index contributed by atoms with van der Waals surface area (Å²) in [5, 5.41) is 8.81. The molecule has 0 saturated heterocycles. The lowest BCUT2D eigenvalue weighted by Gasteiger charge is -2.10. The smallest absolute Gasteiger partial charge is 0.132 e. The summed E-state index contributed by atoms with van der Waals surface area (Å²) in [6.45, 7) is 8.02. The van der Waals surface area contributed by atoms with Crippen LogP contribution in [0.3, 0.4) is 0 Å². The van der Waals surface area contributed by atoms with Crippen molar-refractivity contribution < 1.29 is 0 Å². The maximum absolute atomic E-state index is 4.53. The lowest BCUT2D eigenvalue weighted by Crippen LogP contribution is -2.07. The molecule has 5 heteroatoms. The number of nitrogens with one attached hydrogen (secondary N) is 2. The molecule has 0 aliphatic carbocycles. The van der Waals surface area contributed by atoms with Crippen LogP contribution < -0.4 is 10.6 Å². The summed E-state index contributed by atoms with van der Waals surface area (Å²) < 4.78 is 0. The molecule has 0 bridgehead atoms. The van der Waals surface area contributed by atoms with Crippen LogP contribution in [-0.4, -0.2) is 16.5 Å². The molecule has 0 aromatic carbocycles. The van der Waals surface area contributed by atoms with Gasteiger partial charge in [-0.15, -0.1) is 11.3 Å². The van der Waals surface area contributed by atoms with Crippen LogP contribution in [-0.2, 0) is 19.4 Å². The molecular formula is C15H22N4S. The molecule has 0 unspecified atom stereocenters. The molecule has 4 nitrogen and oxygen atoms in total. The highest BCUT2D eigenvalue weighted by molar-refractivity contribution is 7.10. The second kappa shape index (κ2) is 7.24. The minimum atomic E-state index is 0.826. The largest absolute Gasteiger partial charge is 0.370 e. The molecule has 20 heavy (non-hydrogen) atoms. The minimum absolute atomic E-state index is 0.826. The Balaban J connectivity index is 2.10. The van der Waals surface area contributed by atoms with Crippen LogP contribution in [0.1, 0.15) is 37.0 Å². The molecule has 0 aliphatic heterocycles. The first-order chi connectivity index (χ1) is 9.76. The highest BCUT2D eigenvalue weighted by atomic mass is 32.1. The first-order valence-corrected chi connectivity index (χ1v) is 8.05. The van der Waals surface area contributed by atoms with Crippen LogP contribution in [0, 0.1) is 0 Å². The Morgan fingerprint density at radius 3 is 2.45 bits per heavy atom. The van der Waals surface area contributed by atoms with Crippen molar-refractivity contribution in [2.45, 2.75) is 40.2 Å². The predicted octanol–water partition coefficient (Wildman–Crippen LogP) is 3.71. The first kappa shape index (κ1) is 14.8. The van der Waals surface area contributed by atoms with Gasteiger partial charge in [-0.25, -0.2) is 9.97 Å². The molecule has 0 atom stereocenters. The van der Waals surface area contributed by atoms with Crippen LogP contribution in [0.2, 0.25) is 0 Å². The molecule has 2 N–H and O–H groups in total. The molecule has 0 fully saturated rings. The predicted molar refractivity (Wildman–Crippen MR) is 86.6 cm³/mol. The monoisotopic (exact) mass is 290 g/mol. The molecule has 0 spiro atoms. The van der Waals surface area contributed by atoms with Crippen LogP contribution in [0.4, 0.5) is 11.6 Å². The first-order valence-electron chi connectivity index (χ1n) is 7.17. The quantitative estimate of drug-likeness (QED) is 0.816. The third kappa shape index (κ3) is 3.70. The van der Waals surface area contributed by atoms with Crippen molar-refractivity contribution in [2.24, 2.45) is 0 Å². The number of nitrogens with zero attached hydrogens (tertiary/aromatic N) is 2. The van der Waals surface area contributed by atoms with Crippen molar-refractivity contribution in [3.05, 3.63) is 33.8 Å². The third-order valence-electron chi connectivity index (χ3n) is 3.10. The van der Waals surface area contributed by atoms with Gasteiger partial charge in [-0.1, -0.05) is 13.8 Å². The van der Waals surface area contributed by atoms with E-state index in [1.54, 1.807) is 11.3 Å². The van der Waals surface area contributed by atoms with Crippen LogP contribution in [0.15, 0.2) is 17.5 Å². The van der Waals surface area contributed by atoms with Gasteiger partial charge in [-0.2, -0.15) is 0 Å². The Labute approximate surface area is 124 Å². The zero-order chi connectivity index (χ0) is 14.4. The van der Waals surface area contributed by atoms with Crippen LogP contribution in [0.25, 0.3) is 0 Å². The number of hydrogen-bond acceptors (Lipinski definition) is 5. The van der Waals surface area contributed by atoms with E-state index in [0.717, 1.165) is 43.4 Å². The Hall–Kier alpha value is -1.62. The molecule has 2 rings (SSSR count). The van der Waals surface area contributed by atoms with Crippen molar-refractivity contribution in [1.82, 2.24) is 9.97 Å². The van der Waals surface area contributed by atoms with Crippen LogP contribution >= 0.6 is 11.3 Å². The van der Waals surface area contributed by atoms with E-state index in [1.165, 1.54) is 10.4 Å². The standard InChI is InChI=1S/C15H22N4S/c1-4-11-7-8-20-12(11)10-17-15-9-14(16-6-3)18-13(5-2)19-15/h7-9H,4-6,10H2,1-3H3,(H2,16,17,18,19). The molecular weight excluding hydrogens is 268 g/mol. The Kier molecular flexibility index (Phi) is 5.35. The highest BCUT2D eigenvalue weighted by Gasteiger charge is 2.05. The van der Waals surface area contributed by atoms with Crippen molar-refractivity contribution >= 4 is 23.0 Å². The number of aromatic nitrogens is 2. The third-order valence-corrected chi connectivity index (χ3v) is 4.06. The number of hydrogen-bond donors (Lipinski definition) is 2. The van der Waals surface area contributed by atoms with Crippen molar-refractivity contribution in [2.75, 3.05) is 17.2 Å². The second-order valence-corrected chi connectivity index (χ2v) is 5.52. The fourth-order valence-corrected chi connectivity index (χ4v) is 2.94. The molecule has 0 saturated carbocycles. The van der Waals surface area contributed by atoms with Gasteiger partial charge < -0.3 is 10.6 Å². The van der Waals surface area contributed by atoms with E-state index in [-0.39, 0.29) is 0 Å². The van der Waals surface area contributed by atoms with Crippen molar-refractivity contribution in [1.29, 1.82) is 0 Å². The van der Waals surface area contributed by atoms with Gasteiger partial charge in [0.05, 0.1) is 6.54 Å². The molecule has 2 aromatic rings. The van der Waals surface area contributed by atoms with E-state index < -0.39 is 0 Å². The van der Waals surface area contributed by atoms with Crippen molar-refractivity contribution in [3.8, 4) is 0 Å². The Morgan fingerprint density at radius 2 is 1.80 bits per heavy atom. The summed E-state index contributed by atoms with van der Waals surface area (Å²) in [5.41, 5.74) is 1.42. The number of rotatable bonds is 7. The molecule has 0 radical (unpaired) electrons. The molecule has 0 amide bonds. The molecule has 2 heterocycles. The summed E-state index contributed by atoms with van der Waals surface area (Å²) in [4.78, 5) is 10.4. The number of anilines is 2. The van der Waals surface area contributed by atoms with E-state index in [9.17, 15) is 0 Å². The average Bonchev–Trinajstić information content (AvgIpc) is 2.92. The number of thiophene rings is 1. The lowest BCUT2D eigenvalue weighted by molar-refractivity contribution is 0.929. The van der Waals surface area contributed by atoms with E-state index in [1.807, 2.05) is 6.07 Å². The lowest BCUT2D eigenvalue weighted by atomic mass is 10.2. The second-order valence-electron chi connectivity index (χ2n) is 4.51. The maximum Gasteiger partial charge on any atom is 0.132 e. The van der Waals surface area contributed by atoms with Gasteiger partial charge in [-0.3, -0.25) is 0 Å². The maximum atomic E-state index is 4.53. The fourth-order valence-electron chi connectivity index (χ4n) is 2.03. The van der Waals surface area contributed by atoms with Gasteiger partial charge in [0, 0.05) is 23.9 Å². The highest BCUT2D eigenvalue weighted by Crippen LogP contribution is 2.19. The average molecular weight is 290 g/mol. The normalized spacial score (nSPS) is 10.6. The van der Waals surface area contributed by atoms with E-state index in [2.05, 4.69) is 52.8 Å². The summed E-state index contributed by atoms with van der Waals surface area (Å²) >= 11 is 1.80. The minimum Gasteiger partial charge on any atom is -0.370 e. The zero-order valence-electron chi connectivity index (χ0n) is 12.4. The van der Waals surface area contributed by atoms with Gasteiger partial charge in [-0.05, 0) is 30.4 Å². The van der Waals surface area contributed by atoms with E-state index in [0.29, 0.717) is 0 Å². The molecule has 108 valence electrons. The van der Waals surface area contributed by atoms with Gasteiger partial charge in [0.15, 0.2) is 0 Å². The number of aryl methyl sites for hydroxylation is 2. The van der Waals surface area contributed by atoms with Gasteiger partial charge in [0.2, 0.25) is 0 Å². The van der Waals surface area contributed by atoms with E-state index in [4.69, 9.17) is 0 Å². The van der Waals surface area contributed by atoms with Gasteiger partial charge in [0.1, 0.15) is 17.5 Å². The van der Waals surface area contributed by atoms with E-state index >= 15 is 0 Å². The summed E-state index contributed by atoms with van der Waals surface area (Å²) in [6.07, 6.45) is 1.92. The Morgan fingerprint density at radius 1 is 1.05 bits per heavy atom. The fraction of sp³-hybridized carbons (Fsp3) is 0.467.